The third-order valence-electron chi connectivity index (χ3n) is 2.16. The molecule has 1 aliphatic rings. The van der Waals surface area contributed by atoms with Crippen molar-refractivity contribution in [1.82, 2.24) is 4.67 Å². The molecule has 12 heavy (non-hydrogen) atoms. The Balaban J connectivity index is 2.51. The number of hydrogen-bond donors (Lipinski definition) is 0. The topological polar surface area (TPSA) is 3.24 Å². The molecule has 1 unspecified atom stereocenters. The van der Waals surface area contributed by atoms with Gasteiger partial charge in [-0.1, -0.05) is 0 Å². The first-order valence-corrected chi connectivity index (χ1v) is 9.89. The Kier molecular flexibility index (Phi) is 4.08. The van der Waals surface area contributed by atoms with Crippen LogP contribution in [0.25, 0.3) is 0 Å². The number of rotatable bonds is 1. The fourth-order valence-electron chi connectivity index (χ4n) is 1.48. The third kappa shape index (κ3) is 3.02. The van der Waals surface area contributed by atoms with Gasteiger partial charge in [0.2, 0.25) is 0 Å². The molecule has 1 fully saturated rings. The molecule has 3 heteroatoms. The van der Waals surface area contributed by atoms with Crippen molar-refractivity contribution in [3.05, 3.63) is 0 Å². The van der Waals surface area contributed by atoms with Crippen molar-refractivity contribution in [2.24, 2.45) is 0 Å². The van der Waals surface area contributed by atoms with E-state index in [1.807, 2.05) is 0 Å². The van der Waals surface area contributed by atoms with E-state index in [1.54, 1.807) is 18.8 Å². The summed E-state index contributed by atoms with van der Waals surface area (Å²) in [6.45, 7) is 9.90. The molecule has 0 bridgehead atoms. The summed E-state index contributed by atoms with van der Waals surface area (Å²) in [4.78, 5) is 0. The Bertz CT molecular complexity index is 168. The molecule has 0 spiro atoms. The van der Waals surface area contributed by atoms with E-state index in [1.165, 1.54) is 32.4 Å². The van der Waals surface area contributed by atoms with Crippen LogP contribution in [0.3, 0.4) is 0 Å². The molecule has 0 saturated carbocycles. The standard InChI is InChI=1S/C9H19NP.W/c1-9(2,3)11-10-7-5-4-6-8-10;/h4-8H2,1-3H3;/q-1;+2. The van der Waals surface area contributed by atoms with Crippen molar-refractivity contribution in [1.29, 1.82) is 0 Å². The Hall–Kier alpha value is 0.948. The van der Waals surface area contributed by atoms with Crippen LogP contribution in [-0.2, 0) is 18.8 Å². The second-order valence-corrected chi connectivity index (χ2v) is 10.6. The van der Waals surface area contributed by atoms with Crippen LogP contribution in [0.4, 0.5) is 0 Å². The predicted octanol–water partition coefficient (Wildman–Crippen LogP) is 3.13. The zero-order chi connectivity index (χ0) is 9.19. The quantitative estimate of drug-likeness (QED) is 0.653. The van der Waals surface area contributed by atoms with Crippen LogP contribution in [0, 0.1) is 0 Å². The van der Waals surface area contributed by atoms with E-state index in [9.17, 15) is 0 Å². The van der Waals surface area contributed by atoms with Gasteiger partial charge in [0.05, 0.1) is 0 Å². The van der Waals surface area contributed by atoms with Gasteiger partial charge in [-0.05, 0) is 0 Å². The van der Waals surface area contributed by atoms with Gasteiger partial charge >= 0.3 is 87.5 Å². The van der Waals surface area contributed by atoms with Crippen molar-refractivity contribution >= 4 is 5.71 Å². The van der Waals surface area contributed by atoms with E-state index < -0.39 is 0 Å². The molecule has 1 atom stereocenters. The molecule has 0 aromatic rings. The SMILES string of the molecule is CC(C)(C)[P+](=[W])N1CCCCC1. The third-order valence-corrected chi connectivity index (χ3v) is 12.6. The van der Waals surface area contributed by atoms with E-state index >= 15 is 0 Å². The molecular weight excluding hydrogens is 337 g/mol. The maximum absolute atomic E-state index is 2.74. The van der Waals surface area contributed by atoms with Crippen LogP contribution < -0.4 is 0 Å². The first kappa shape index (κ1) is 11.0. The van der Waals surface area contributed by atoms with Gasteiger partial charge in [0.15, 0.2) is 0 Å². The summed E-state index contributed by atoms with van der Waals surface area (Å²) in [6.07, 6.45) is 4.32. The van der Waals surface area contributed by atoms with Gasteiger partial charge in [-0.2, -0.15) is 0 Å². The zero-order valence-electron chi connectivity index (χ0n) is 8.34. The van der Waals surface area contributed by atoms with Gasteiger partial charge in [-0.25, -0.2) is 0 Å². The predicted molar refractivity (Wildman–Crippen MR) is 52.1 cm³/mol. The average Bonchev–Trinajstić information content (AvgIpc) is 2.03. The van der Waals surface area contributed by atoms with Gasteiger partial charge in [-0.3, -0.25) is 0 Å². The van der Waals surface area contributed by atoms with Crippen molar-refractivity contribution in [2.75, 3.05) is 13.1 Å². The molecular formula is C9H19NPW+. The molecule has 0 amide bonds. The first-order valence-electron chi connectivity index (χ1n) is 4.74. The fourth-order valence-corrected chi connectivity index (χ4v) is 4.74. The Labute approximate surface area is 87.5 Å². The van der Waals surface area contributed by atoms with Crippen LogP contribution in [0.1, 0.15) is 40.0 Å². The van der Waals surface area contributed by atoms with E-state index in [-0.39, 0.29) is 5.71 Å². The number of nitrogens with zero attached hydrogens (tertiary/aromatic N) is 1. The molecule has 1 rings (SSSR count). The Morgan fingerprint density at radius 3 is 2.00 bits per heavy atom. The molecule has 0 radical (unpaired) electrons. The van der Waals surface area contributed by atoms with Gasteiger partial charge in [-0.15, -0.1) is 0 Å². The molecule has 1 aliphatic heterocycles. The van der Waals surface area contributed by atoms with Crippen LogP contribution in [0.5, 0.6) is 0 Å². The summed E-state index contributed by atoms with van der Waals surface area (Å²) in [5.74, 6) is 0. The van der Waals surface area contributed by atoms with E-state index in [4.69, 9.17) is 0 Å². The number of hydrogen-bond acceptors (Lipinski definition) is 1. The minimum atomic E-state index is 0.177. The van der Waals surface area contributed by atoms with Crippen molar-refractivity contribution in [3.63, 3.8) is 0 Å². The molecule has 70 valence electrons. The molecule has 0 aliphatic carbocycles. The fraction of sp³-hybridized carbons (Fsp3) is 1.00. The maximum atomic E-state index is 2.74. The van der Waals surface area contributed by atoms with E-state index in [2.05, 4.69) is 25.4 Å². The van der Waals surface area contributed by atoms with E-state index in [0.29, 0.717) is 5.16 Å². The second kappa shape index (κ2) is 4.45. The zero-order valence-corrected chi connectivity index (χ0v) is 12.2. The van der Waals surface area contributed by atoms with Crippen LogP contribution in [-0.4, -0.2) is 22.9 Å². The average molecular weight is 356 g/mol. The van der Waals surface area contributed by atoms with Crippen LogP contribution in [0.15, 0.2) is 0 Å². The number of piperidine rings is 1. The summed E-state index contributed by atoms with van der Waals surface area (Å²) in [5.41, 5.74) is 0.177. The minimum absolute atomic E-state index is 0.177. The first-order chi connectivity index (χ1) is 5.52. The second-order valence-electron chi connectivity index (χ2n) is 4.46. The summed E-state index contributed by atoms with van der Waals surface area (Å²) in [7, 11) is 0. The Morgan fingerprint density at radius 1 is 1.08 bits per heavy atom. The van der Waals surface area contributed by atoms with Gasteiger partial charge < -0.3 is 0 Å². The summed E-state index contributed by atoms with van der Waals surface area (Å²) in [5, 5.41) is 0.544. The van der Waals surface area contributed by atoms with Crippen LogP contribution >= 0.6 is 5.71 Å². The summed E-state index contributed by atoms with van der Waals surface area (Å²) < 4.78 is 2.74. The normalized spacial score (nSPS) is 22.4. The monoisotopic (exact) mass is 356 g/mol. The van der Waals surface area contributed by atoms with Gasteiger partial charge in [0.25, 0.3) is 0 Å². The van der Waals surface area contributed by atoms with E-state index in [0.717, 1.165) is 0 Å². The molecule has 0 aromatic carbocycles. The van der Waals surface area contributed by atoms with Crippen molar-refractivity contribution in [2.45, 2.75) is 45.2 Å². The molecule has 1 heterocycles. The summed E-state index contributed by atoms with van der Waals surface area (Å²) >= 11 is 1.80. The van der Waals surface area contributed by atoms with Crippen LogP contribution in [0.2, 0.25) is 0 Å². The van der Waals surface area contributed by atoms with Crippen molar-refractivity contribution in [3.8, 4) is 0 Å². The molecule has 0 N–H and O–H groups in total. The van der Waals surface area contributed by atoms with Crippen molar-refractivity contribution < 1.29 is 18.8 Å². The molecule has 1 nitrogen and oxygen atoms in total. The van der Waals surface area contributed by atoms with Gasteiger partial charge in [0, 0.05) is 0 Å². The summed E-state index contributed by atoms with van der Waals surface area (Å²) in [6, 6.07) is 0. The van der Waals surface area contributed by atoms with Gasteiger partial charge in [0.1, 0.15) is 0 Å². The Morgan fingerprint density at radius 2 is 1.58 bits per heavy atom. The molecule has 0 aromatic heterocycles. The molecule has 1 saturated heterocycles.